The topological polar surface area (TPSA) is 78.3 Å². The molecule has 1 fully saturated rings. The van der Waals surface area contributed by atoms with Crippen molar-refractivity contribution < 1.29 is 14.3 Å². The van der Waals surface area contributed by atoms with Crippen LogP contribution in [0.1, 0.15) is 56.0 Å². The van der Waals surface area contributed by atoms with Gasteiger partial charge in [0, 0.05) is 25.4 Å². The Hall–Kier alpha value is -2.22. The maximum absolute atomic E-state index is 12.3. The quantitative estimate of drug-likeness (QED) is 0.430. The zero-order chi connectivity index (χ0) is 21.3. The maximum atomic E-state index is 12.3. The zero-order valence-corrected chi connectivity index (χ0v) is 19.0. The van der Waals surface area contributed by atoms with Crippen molar-refractivity contribution in [2.75, 3.05) is 27.0 Å². The summed E-state index contributed by atoms with van der Waals surface area (Å²) in [4.78, 5) is 12.3. The number of benzene rings is 1. The third kappa shape index (κ3) is 5.68. The van der Waals surface area contributed by atoms with E-state index in [1.165, 1.54) is 25.7 Å². The van der Waals surface area contributed by atoms with E-state index in [0.717, 1.165) is 40.9 Å². The molecule has 1 aromatic carbocycles. The number of ether oxygens (including phenoxy) is 2. The lowest BCUT2D eigenvalue weighted by molar-refractivity contribution is -0.121. The first kappa shape index (κ1) is 22.5. The molecular weight excluding hydrogens is 400 g/mol. The van der Waals surface area contributed by atoms with Crippen molar-refractivity contribution in [3.05, 3.63) is 29.6 Å². The van der Waals surface area contributed by atoms with Gasteiger partial charge in [0.15, 0.2) is 5.16 Å². The second-order valence-corrected chi connectivity index (χ2v) is 8.32. The van der Waals surface area contributed by atoms with E-state index in [-0.39, 0.29) is 5.91 Å². The molecule has 1 saturated carbocycles. The van der Waals surface area contributed by atoms with Crippen LogP contribution in [0.5, 0.6) is 11.5 Å². The Bertz CT molecular complexity index is 834. The molecule has 0 aliphatic heterocycles. The number of hydrogen-bond acceptors (Lipinski definition) is 6. The van der Waals surface area contributed by atoms with Crippen LogP contribution in [0.3, 0.4) is 0 Å². The van der Waals surface area contributed by atoms with Crippen molar-refractivity contribution >= 4 is 17.7 Å². The molecule has 0 saturated heterocycles. The molecule has 8 heteroatoms. The molecule has 7 nitrogen and oxygen atoms in total. The van der Waals surface area contributed by atoms with Crippen molar-refractivity contribution in [3.63, 3.8) is 0 Å². The molecule has 0 unspecified atom stereocenters. The van der Waals surface area contributed by atoms with E-state index >= 15 is 0 Å². The van der Waals surface area contributed by atoms with Crippen molar-refractivity contribution in [1.82, 2.24) is 20.1 Å². The van der Waals surface area contributed by atoms with Crippen LogP contribution in [0, 0.1) is 0 Å². The highest BCUT2D eigenvalue weighted by atomic mass is 32.2. The smallest absolute Gasteiger partial charge is 0.220 e. The Labute approximate surface area is 182 Å². The monoisotopic (exact) mass is 432 g/mol. The summed E-state index contributed by atoms with van der Waals surface area (Å²) in [7, 11) is 3.27. The minimum atomic E-state index is 0.0435. The van der Waals surface area contributed by atoms with Crippen LogP contribution in [0.15, 0.2) is 23.4 Å². The minimum absolute atomic E-state index is 0.0435. The van der Waals surface area contributed by atoms with Crippen LogP contribution in [-0.2, 0) is 17.6 Å². The average Bonchev–Trinajstić information content (AvgIpc) is 3.44. The molecule has 0 spiro atoms. The highest BCUT2D eigenvalue weighted by Gasteiger charge is 2.23. The van der Waals surface area contributed by atoms with Gasteiger partial charge < -0.3 is 19.4 Å². The summed E-state index contributed by atoms with van der Waals surface area (Å²) in [5.74, 6) is 2.63. The van der Waals surface area contributed by atoms with Gasteiger partial charge in [0.05, 0.1) is 14.2 Å². The Morgan fingerprint density at radius 3 is 2.70 bits per heavy atom. The number of aromatic nitrogens is 3. The number of rotatable bonds is 11. The Morgan fingerprint density at radius 2 is 2.00 bits per heavy atom. The van der Waals surface area contributed by atoms with Gasteiger partial charge in [-0.3, -0.25) is 4.79 Å². The highest BCUT2D eigenvalue weighted by molar-refractivity contribution is 7.98. The third-order valence-electron chi connectivity index (χ3n) is 5.62. The van der Waals surface area contributed by atoms with E-state index in [9.17, 15) is 4.79 Å². The van der Waals surface area contributed by atoms with Gasteiger partial charge in [-0.1, -0.05) is 24.6 Å². The lowest BCUT2D eigenvalue weighted by atomic mass is 10.1. The van der Waals surface area contributed by atoms with Gasteiger partial charge in [0.2, 0.25) is 5.91 Å². The number of nitrogens with one attached hydrogen (secondary N) is 1. The van der Waals surface area contributed by atoms with E-state index < -0.39 is 0 Å². The van der Waals surface area contributed by atoms with Crippen LogP contribution in [-0.4, -0.2) is 47.7 Å². The van der Waals surface area contributed by atoms with Crippen LogP contribution in [0.4, 0.5) is 0 Å². The van der Waals surface area contributed by atoms with Crippen molar-refractivity contribution in [1.29, 1.82) is 0 Å². The van der Waals surface area contributed by atoms with Crippen LogP contribution < -0.4 is 14.8 Å². The number of carbonyl (C=O) groups is 1. The van der Waals surface area contributed by atoms with E-state index in [4.69, 9.17) is 9.47 Å². The molecule has 1 N–H and O–H groups in total. The molecule has 0 bridgehead atoms. The van der Waals surface area contributed by atoms with E-state index in [2.05, 4.69) is 26.3 Å². The van der Waals surface area contributed by atoms with Gasteiger partial charge in [-0.2, -0.15) is 0 Å². The second kappa shape index (κ2) is 11.2. The fourth-order valence-electron chi connectivity index (χ4n) is 4.03. The predicted octanol–water partition coefficient (Wildman–Crippen LogP) is 3.81. The predicted molar refractivity (Wildman–Crippen MR) is 119 cm³/mol. The molecule has 0 atom stereocenters. The Morgan fingerprint density at radius 1 is 1.20 bits per heavy atom. The number of nitrogens with zero attached hydrogens (tertiary/aromatic N) is 3. The first-order chi connectivity index (χ1) is 14.7. The number of amides is 1. The van der Waals surface area contributed by atoms with Gasteiger partial charge in [0.1, 0.15) is 17.3 Å². The number of hydrogen-bond donors (Lipinski definition) is 1. The minimum Gasteiger partial charge on any atom is -0.497 e. The number of carbonyl (C=O) groups excluding carboxylic acids is 1. The summed E-state index contributed by atoms with van der Waals surface area (Å²) >= 11 is 1.66. The first-order valence-electron chi connectivity index (χ1n) is 10.6. The number of thioether (sulfide) groups is 1. The zero-order valence-electron chi connectivity index (χ0n) is 18.1. The van der Waals surface area contributed by atoms with E-state index in [0.29, 0.717) is 25.4 Å². The molecular formula is C22H32N4O3S. The standard InChI is InChI=1S/C22H32N4O3S/c1-28-18-11-12-19(29-2)16(15-18)10-13-21(27)23-14-6-9-20-24-25-22(30-3)26(20)17-7-4-5-8-17/h11-12,15,17H,4-10,13-14H2,1-3H3,(H,23,27). The summed E-state index contributed by atoms with van der Waals surface area (Å²) in [6.07, 6.45) is 9.75. The summed E-state index contributed by atoms with van der Waals surface area (Å²) in [5.41, 5.74) is 0.973. The fourth-order valence-corrected chi connectivity index (χ4v) is 4.61. The van der Waals surface area contributed by atoms with E-state index in [1.807, 2.05) is 18.2 Å². The number of methoxy groups -OCH3 is 2. The van der Waals surface area contributed by atoms with Gasteiger partial charge in [0.25, 0.3) is 0 Å². The number of aryl methyl sites for hydroxylation is 2. The van der Waals surface area contributed by atoms with Gasteiger partial charge in [-0.15, -0.1) is 10.2 Å². The van der Waals surface area contributed by atoms with Gasteiger partial charge in [-0.25, -0.2) is 0 Å². The summed E-state index contributed by atoms with van der Waals surface area (Å²) in [6.45, 7) is 0.639. The Balaban J connectivity index is 1.45. The lowest BCUT2D eigenvalue weighted by Gasteiger charge is -2.16. The summed E-state index contributed by atoms with van der Waals surface area (Å²) < 4.78 is 13.0. The fraction of sp³-hybridized carbons (Fsp3) is 0.591. The molecule has 1 amide bonds. The largest absolute Gasteiger partial charge is 0.497 e. The normalized spacial score (nSPS) is 14.1. The van der Waals surface area contributed by atoms with Crippen LogP contribution in [0.25, 0.3) is 0 Å². The van der Waals surface area contributed by atoms with Crippen LogP contribution >= 0.6 is 11.8 Å². The molecule has 30 heavy (non-hydrogen) atoms. The molecule has 1 aliphatic carbocycles. The SMILES string of the molecule is COc1ccc(OC)c(CCC(=O)NCCCc2nnc(SC)n2C2CCCC2)c1. The van der Waals surface area contributed by atoms with Gasteiger partial charge in [-0.05, 0) is 55.7 Å². The summed E-state index contributed by atoms with van der Waals surface area (Å²) in [5, 5.41) is 12.8. The average molecular weight is 433 g/mol. The lowest BCUT2D eigenvalue weighted by Crippen LogP contribution is -2.25. The second-order valence-electron chi connectivity index (χ2n) is 7.54. The molecule has 2 aromatic rings. The van der Waals surface area contributed by atoms with E-state index in [1.54, 1.807) is 26.0 Å². The van der Waals surface area contributed by atoms with Crippen molar-refractivity contribution in [3.8, 4) is 11.5 Å². The van der Waals surface area contributed by atoms with Crippen molar-refractivity contribution in [2.24, 2.45) is 0 Å². The third-order valence-corrected chi connectivity index (χ3v) is 6.26. The van der Waals surface area contributed by atoms with Crippen molar-refractivity contribution in [2.45, 2.75) is 62.6 Å². The van der Waals surface area contributed by atoms with Crippen LogP contribution in [0.2, 0.25) is 0 Å². The van der Waals surface area contributed by atoms with Gasteiger partial charge >= 0.3 is 0 Å². The molecule has 1 aliphatic rings. The highest BCUT2D eigenvalue weighted by Crippen LogP contribution is 2.33. The molecule has 0 radical (unpaired) electrons. The summed E-state index contributed by atoms with van der Waals surface area (Å²) in [6, 6.07) is 6.18. The molecule has 1 heterocycles. The molecule has 1 aromatic heterocycles. The molecule has 164 valence electrons. The maximum Gasteiger partial charge on any atom is 0.220 e. The molecule has 3 rings (SSSR count). The first-order valence-corrected chi connectivity index (χ1v) is 11.8. The Kier molecular flexibility index (Phi) is 8.42.